The second kappa shape index (κ2) is 13.3. The van der Waals surface area contributed by atoms with E-state index >= 15 is 0 Å². The van der Waals surface area contributed by atoms with Crippen LogP contribution < -0.4 is 15.4 Å². The Morgan fingerprint density at radius 1 is 1.18 bits per heavy atom. The van der Waals surface area contributed by atoms with Gasteiger partial charge in [0.2, 0.25) is 5.89 Å². The second-order valence-electron chi connectivity index (χ2n) is 5.93. The molecule has 1 heterocycles. The minimum Gasteiger partial charge on any atom is -0.491 e. The van der Waals surface area contributed by atoms with Crippen molar-refractivity contribution in [3.8, 4) is 5.75 Å². The van der Waals surface area contributed by atoms with Crippen LogP contribution in [0.15, 0.2) is 27.7 Å². The lowest BCUT2D eigenvalue weighted by atomic mass is 10.1. The van der Waals surface area contributed by atoms with Gasteiger partial charge in [-0.25, -0.2) is 4.99 Å². The Morgan fingerprint density at radius 3 is 2.68 bits per heavy atom. The smallest absolute Gasteiger partial charge is 0.223 e. The second-order valence-corrected chi connectivity index (χ2v) is 5.93. The summed E-state index contributed by atoms with van der Waals surface area (Å²) in [5.74, 6) is 2.65. The van der Waals surface area contributed by atoms with Gasteiger partial charge in [-0.05, 0) is 32.4 Å². The number of rotatable bonds is 10. The van der Waals surface area contributed by atoms with Crippen LogP contribution in [0.1, 0.15) is 36.7 Å². The van der Waals surface area contributed by atoms with E-state index in [0.29, 0.717) is 50.6 Å². The number of guanidine groups is 1. The number of ether oxygens (including phenoxy) is 2. The van der Waals surface area contributed by atoms with Crippen LogP contribution in [0.5, 0.6) is 5.75 Å². The average molecular weight is 503 g/mol. The maximum Gasteiger partial charge on any atom is 0.223 e. The van der Waals surface area contributed by atoms with E-state index in [1.165, 1.54) is 0 Å². The van der Waals surface area contributed by atoms with Crippen molar-refractivity contribution >= 4 is 29.9 Å². The van der Waals surface area contributed by atoms with Gasteiger partial charge in [-0.15, -0.1) is 24.0 Å². The number of nitrogens with zero attached hydrogens (tertiary/aromatic N) is 3. The SMILES string of the molecule is CCNC(=NCc1ccc(C)cc1OCCOCC)NCc1noc(C)n1.I. The van der Waals surface area contributed by atoms with E-state index in [1.54, 1.807) is 6.92 Å². The highest BCUT2D eigenvalue weighted by Crippen LogP contribution is 2.21. The first kappa shape index (κ1) is 24.2. The third kappa shape index (κ3) is 8.42. The third-order valence-corrected chi connectivity index (χ3v) is 3.65. The summed E-state index contributed by atoms with van der Waals surface area (Å²) < 4.78 is 16.2. The van der Waals surface area contributed by atoms with Crippen molar-refractivity contribution in [1.29, 1.82) is 0 Å². The molecule has 2 N–H and O–H groups in total. The Balaban J connectivity index is 0.00000392. The highest BCUT2D eigenvalue weighted by Gasteiger charge is 2.07. The number of aryl methyl sites for hydroxylation is 2. The third-order valence-electron chi connectivity index (χ3n) is 3.65. The molecule has 2 rings (SSSR count). The standard InChI is InChI=1S/C19H29N5O3.HI/c1-5-20-19(22-13-18-23-15(4)27-24-18)21-12-16-8-7-14(3)11-17(16)26-10-9-25-6-2;/h7-8,11H,5-6,9-10,12-13H2,1-4H3,(H2,20,21,22);1H. The minimum absolute atomic E-state index is 0. The van der Waals surface area contributed by atoms with Gasteiger partial charge in [0.25, 0.3) is 0 Å². The number of hydrogen-bond donors (Lipinski definition) is 2. The van der Waals surface area contributed by atoms with Crippen LogP contribution in [0, 0.1) is 13.8 Å². The Hall–Kier alpha value is -1.88. The maximum absolute atomic E-state index is 5.88. The summed E-state index contributed by atoms with van der Waals surface area (Å²) in [5.41, 5.74) is 2.16. The number of aromatic nitrogens is 2. The number of hydrogen-bond acceptors (Lipinski definition) is 6. The zero-order valence-corrected chi connectivity index (χ0v) is 19.3. The van der Waals surface area contributed by atoms with Gasteiger partial charge in [-0.1, -0.05) is 17.3 Å². The molecule has 1 aromatic heterocycles. The molecule has 0 atom stereocenters. The number of aliphatic imine (C=N–C) groups is 1. The minimum atomic E-state index is 0. The van der Waals surface area contributed by atoms with E-state index in [0.717, 1.165) is 23.4 Å². The Morgan fingerprint density at radius 2 is 2.00 bits per heavy atom. The van der Waals surface area contributed by atoms with E-state index < -0.39 is 0 Å². The van der Waals surface area contributed by atoms with Crippen molar-refractivity contribution in [2.75, 3.05) is 26.4 Å². The molecule has 0 amide bonds. The van der Waals surface area contributed by atoms with Crippen LogP contribution in [0.25, 0.3) is 0 Å². The fourth-order valence-electron chi connectivity index (χ4n) is 2.36. The fourth-order valence-corrected chi connectivity index (χ4v) is 2.36. The number of halogens is 1. The van der Waals surface area contributed by atoms with Gasteiger partial charge in [-0.2, -0.15) is 4.98 Å². The van der Waals surface area contributed by atoms with Gasteiger partial charge in [0.1, 0.15) is 12.4 Å². The molecule has 1 aromatic carbocycles. The zero-order chi connectivity index (χ0) is 19.5. The van der Waals surface area contributed by atoms with E-state index in [-0.39, 0.29) is 24.0 Å². The Kier molecular flexibility index (Phi) is 11.5. The molecular weight excluding hydrogens is 473 g/mol. The molecule has 0 fully saturated rings. The largest absolute Gasteiger partial charge is 0.491 e. The zero-order valence-electron chi connectivity index (χ0n) is 16.9. The molecule has 9 heteroatoms. The summed E-state index contributed by atoms with van der Waals surface area (Å²) in [4.78, 5) is 8.82. The van der Waals surface area contributed by atoms with Crippen LogP contribution in [0.3, 0.4) is 0 Å². The molecule has 0 aliphatic rings. The van der Waals surface area contributed by atoms with Gasteiger partial charge in [0.15, 0.2) is 11.8 Å². The highest BCUT2D eigenvalue weighted by molar-refractivity contribution is 14.0. The molecule has 0 unspecified atom stereocenters. The monoisotopic (exact) mass is 503 g/mol. The predicted molar refractivity (Wildman–Crippen MR) is 119 cm³/mol. The van der Waals surface area contributed by atoms with Crippen molar-refractivity contribution in [2.45, 2.75) is 40.8 Å². The lowest BCUT2D eigenvalue weighted by molar-refractivity contribution is 0.110. The van der Waals surface area contributed by atoms with Gasteiger partial charge < -0.3 is 24.6 Å². The first-order valence-corrected chi connectivity index (χ1v) is 9.23. The molecule has 0 aliphatic carbocycles. The molecule has 8 nitrogen and oxygen atoms in total. The van der Waals surface area contributed by atoms with Crippen LogP contribution in [-0.2, 0) is 17.8 Å². The van der Waals surface area contributed by atoms with E-state index in [9.17, 15) is 0 Å². The summed E-state index contributed by atoms with van der Waals surface area (Å²) in [6, 6.07) is 6.13. The van der Waals surface area contributed by atoms with Crippen molar-refractivity contribution in [3.05, 3.63) is 41.0 Å². The van der Waals surface area contributed by atoms with Crippen LogP contribution in [-0.4, -0.2) is 42.5 Å². The van der Waals surface area contributed by atoms with Crippen molar-refractivity contribution in [1.82, 2.24) is 20.8 Å². The molecule has 0 radical (unpaired) electrons. The van der Waals surface area contributed by atoms with Crippen LogP contribution in [0.2, 0.25) is 0 Å². The van der Waals surface area contributed by atoms with Gasteiger partial charge in [0, 0.05) is 25.6 Å². The highest BCUT2D eigenvalue weighted by atomic mass is 127. The molecule has 0 saturated heterocycles. The molecule has 0 saturated carbocycles. The topological polar surface area (TPSA) is 93.8 Å². The summed E-state index contributed by atoms with van der Waals surface area (Å²) in [7, 11) is 0. The number of benzene rings is 1. The lowest BCUT2D eigenvalue weighted by Crippen LogP contribution is -2.37. The molecule has 156 valence electrons. The summed E-state index contributed by atoms with van der Waals surface area (Å²) in [6.45, 7) is 11.3. The lowest BCUT2D eigenvalue weighted by Gasteiger charge is -2.13. The van der Waals surface area contributed by atoms with E-state index in [2.05, 4.69) is 31.8 Å². The Bertz CT molecular complexity index is 736. The quantitative estimate of drug-likeness (QED) is 0.223. The fraction of sp³-hybridized carbons (Fsp3) is 0.526. The number of nitrogens with one attached hydrogen (secondary N) is 2. The maximum atomic E-state index is 5.88. The predicted octanol–water partition coefficient (Wildman–Crippen LogP) is 2.98. The van der Waals surface area contributed by atoms with Crippen molar-refractivity contribution in [2.24, 2.45) is 4.99 Å². The first-order chi connectivity index (χ1) is 13.1. The van der Waals surface area contributed by atoms with E-state index in [1.807, 2.05) is 32.9 Å². The molecule has 28 heavy (non-hydrogen) atoms. The van der Waals surface area contributed by atoms with E-state index in [4.69, 9.17) is 14.0 Å². The van der Waals surface area contributed by atoms with Crippen LogP contribution >= 0.6 is 24.0 Å². The van der Waals surface area contributed by atoms with Gasteiger partial charge >= 0.3 is 0 Å². The summed E-state index contributed by atoms with van der Waals surface area (Å²) in [6.07, 6.45) is 0. The van der Waals surface area contributed by atoms with Crippen molar-refractivity contribution < 1.29 is 14.0 Å². The summed E-state index contributed by atoms with van der Waals surface area (Å²) in [5, 5.41) is 10.3. The Labute approximate surface area is 183 Å². The molecule has 0 aliphatic heterocycles. The molecular formula is C19H30IN5O3. The summed E-state index contributed by atoms with van der Waals surface area (Å²) >= 11 is 0. The van der Waals surface area contributed by atoms with Gasteiger partial charge in [-0.3, -0.25) is 0 Å². The molecule has 0 bridgehead atoms. The van der Waals surface area contributed by atoms with Gasteiger partial charge in [0.05, 0.1) is 19.7 Å². The normalized spacial score (nSPS) is 11.1. The van der Waals surface area contributed by atoms with Crippen LogP contribution in [0.4, 0.5) is 0 Å². The first-order valence-electron chi connectivity index (χ1n) is 9.23. The average Bonchev–Trinajstić information content (AvgIpc) is 3.07. The molecule has 2 aromatic rings. The molecule has 0 spiro atoms. The van der Waals surface area contributed by atoms with Crippen molar-refractivity contribution in [3.63, 3.8) is 0 Å².